The van der Waals surface area contributed by atoms with Crippen LogP contribution in [0.1, 0.15) is 43.6 Å². The van der Waals surface area contributed by atoms with Crippen LogP contribution in [0.5, 0.6) is 0 Å². The number of carbonyl (C=O) groups is 1. The molecule has 1 saturated heterocycles. The van der Waals surface area contributed by atoms with Gasteiger partial charge in [-0.25, -0.2) is 4.39 Å². The average Bonchev–Trinajstić information content (AvgIpc) is 3.24. The van der Waals surface area contributed by atoms with Gasteiger partial charge in [-0.05, 0) is 87.8 Å². The number of halogens is 2. The first-order valence-corrected chi connectivity index (χ1v) is 12.8. The Bertz CT molecular complexity index is 1110. The van der Waals surface area contributed by atoms with Gasteiger partial charge in [0.2, 0.25) is 5.91 Å². The first-order valence-electron chi connectivity index (χ1n) is 11.1. The minimum atomic E-state index is -0.295. The molecule has 9 heteroatoms. The molecule has 33 heavy (non-hydrogen) atoms. The van der Waals surface area contributed by atoms with Crippen LogP contribution in [0.2, 0.25) is 0 Å². The Morgan fingerprint density at radius 3 is 2.58 bits per heavy atom. The minimum Gasteiger partial charge on any atom is -0.325 e. The Hall–Kier alpha value is -2.23. The summed E-state index contributed by atoms with van der Waals surface area (Å²) in [5.41, 5.74) is 2.55. The molecule has 1 N–H and O–H groups in total. The van der Waals surface area contributed by atoms with Gasteiger partial charge in [-0.2, -0.15) is 0 Å². The second-order valence-corrected chi connectivity index (χ2v) is 10.1. The number of aromatic nitrogens is 3. The summed E-state index contributed by atoms with van der Waals surface area (Å²) < 4.78 is 16.5. The van der Waals surface area contributed by atoms with Crippen molar-refractivity contribution < 1.29 is 9.18 Å². The Labute approximate surface area is 206 Å². The van der Waals surface area contributed by atoms with Gasteiger partial charge in [0.25, 0.3) is 0 Å². The van der Waals surface area contributed by atoms with Crippen molar-refractivity contribution in [3.63, 3.8) is 0 Å². The number of carbonyl (C=O) groups excluding carboxylic acids is 1. The highest BCUT2D eigenvalue weighted by Gasteiger charge is 2.26. The van der Waals surface area contributed by atoms with Crippen molar-refractivity contribution in [1.82, 2.24) is 19.7 Å². The molecular weight excluding hydrogens is 505 g/mol. The van der Waals surface area contributed by atoms with Gasteiger partial charge >= 0.3 is 0 Å². The van der Waals surface area contributed by atoms with Crippen LogP contribution in [0.4, 0.5) is 10.1 Å². The van der Waals surface area contributed by atoms with Gasteiger partial charge in [-0.1, -0.05) is 34.1 Å². The van der Waals surface area contributed by atoms with Crippen LogP contribution in [0, 0.1) is 12.7 Å². The van der Waals surface area contributed by atoms with Crippen molar-refractivity contribution in [3.05, 3.63) is 64.1 Å². The van der Waals surface area contributed by atoms with E-state index in [1.807, 2.05) is 29.7 Å². The molecule has 2 heterocycles. The van der Waals surface area contributed by atoms with Gasteiger partial charge in [0, 0.05) is 15.8 Å². The monoisotopic (exact) mass is 531 g/mol. The first kappa shape index (κ1) is 23.9. The first-order chi connectivity index (χ1) is 15.9. The number of amides is 1. The highest BCUT2D eigenvalue weighted by molar-refractivity contribution is 9.10. The van der Waals surface area contributed by atoms with Gasteiger partial charge in [0.15, 0.2) is 11.0 Å². The second-order valence-electron chi connectivity index (χ2n) is 8.22. The lowest BCUT2D eigenvalue weighted by Gasteiger charge is -2.31. The third-order valence-corrected chi connectivity index (χ3v) is 7.27. The van der Waals surface area contributed by atoms with Crippen LogP contribution in [0.15, 0.2) is 52.1 Å². The predicted molar refractivity (Wildman–Crippen MR) is 133 cm³/mol. The Balaban J connectivity index is 1.55. The topological polar surface area (TPSA) is 63.1 Å². The second kappa shape index (κ2) is 10.8. The Morgan fingerprint density at radius 2 is 1.88 bits per heavy atom. The number of rotatable bonds is 7. The molecule has 1 fully saturated rings. The molecule has 2 aromatic carbocycles. The molecule has 0 bridgehead atoms. The van der Waals surface area contributed by atoms with Crippen molar-refractivity contribution >= 4 is 39.3 Å². The van der Waals surface area contributed by atoms with E-state index in [0.29, 0.717) is 5.16 Å². The molecule has 1 aromatic heterocycles. The quantitative estimate of drug-likeness (QED) is 0.393. The normalized spacial score (nSPS) is 15.4. The standard InChI is InChI=1S/C24H27BrFN5OS/c1-16-14-18(25)6-11-21(16)27-22(32)15-33-24-29-28-23(17(2)30-12-4-3-5-13-30)31(24)20-9-7-19(26)8-10-20/h6-11,14,17H,3-5,12-13,15H2,1-2H3,(H,27,32). The van der Waals surface area contributed by atoms with Crippen LogP contribution >= 0.6 is 27.7 Å². The number of hydrogen-bond acceptors (Lipinski definition) is 5. The number of nitrogens with one attached hydrogen (secondary N) is 1. The number of thioether (sulfide) groups is 1. The maximum Gasteiger partial charge on any atom is 0.234 e. The largest absolute Gasteiger partial charge is 0.325 e. The maximum atomic E-state index is 13.6. The van der Waals surface area contributed by atoms with E-state index < -0.39 is 0 Å². The van der Waals surface area contributed by atoms with Gasteiger partial charge in [-0.15, -0.1) is 10.2 Å². The van der Waals surface area contributed by atoms with E-state index in [2.05, 4.69) is 43.3 Å². The number of benzene rings is 2. The minimum absolute atomic E-state index is 0.0662. The fourth-order valence-corrected chi connectivity index (χ4v) is 5.27. The third-order valence-electron chi connectivity index (χ3n) is 5.85. The maximum absolute atomic E-state index is 13.6. The summed E-state index contributed by atoms with van der Waals surface area (Å²) in [6.07, 6.45) is 3.60. The van der Waals surface area contributed by atoms with E-state index in [1.165, 1.54) is 43.2 Å². The summed E-state index contributed by atoms with van der Waals surface area (Å²) in [6.45, 7) is 6.13. The van der Waals surface area contributed by atoms with Crippen molar-refractivity contribution in [2.45, 2.75) is 44.3 Å². The fourth-order valence-electron chi connectivity index (χ4n) is 4.03. The smallest absolute Gasteiger partial charge is 0.234 e. The number of hydrogen-bond donors (Lipinski definition) is 1. The molecule has 1 atom stereocenters. The summed E-state index contributed by atoms with van der Waals surface area (Å²) in [6, 6.07) is 12.1. The molecule has 1 aliphatic heterocycles. The Kier molecular flexibility index (Phi) is 7.82. The molecule has 0 saturated carbocycles. The van der Waals surface area contributed by atoms with Gasteiger partial charge < -0.3 is 5.32 Å². The van der Waals surface area contributed by atoms with E-state index in [-0.39, 0.29) is 23.5 Å². The van der Waals surface area contributed by atoms with Crippen molar-refractivity contribution in [2.24, 2.45) is 0 Å². The van der Waals surface area contributed by atoms with Crippen LogP contribution in [-0.4, -0.2) is 44.4 Å². The summed E-state index contributed by atoms with van der Waals surface area (Å²) in [5.74, 6) is 0.572. The van der Waals surface area contributed by atoms with Crippen LogP contribution in [0.25, 0.3) is 5.69 Å². The number of anilines is 1. The van der Waals surface area contributed by atoms with E-state index in [9.17, 15) is 9.18 Å². The summed E-state index contributed by atoms with van der Waals surface area (Å²) >= 11 is 4.76. The van der Waals surface area contributed by atoms with E-state index in [4.69, 9.17) is 0 Å². The summed E-state index contributed by atoms with van der Waals surface area (Å²) in [7, 11) is 0. The zero-order valence-electron chi connectivity index (χ0n) is 18.7. The molecule has 1 amide bonds. The Morgan fingerprint density at radius 1 is 1.15 bits per heavy atom. The van der Waals surface area contributed by atoms with E-state index in [1.54, 1.807) is 12.1 Å². The predicted octanol–water partition coefficient (Wildman–Crippen LogP) is 5.76. The molecule has 1 unspecified atom stereocenters. The van der Waals surface area contributed by atoms with Gasteiger partial charge in [-0.3, -0.25) is 14.3 Å². The summed E-state index contributed by atoms with van der Waals surface area (Å²) in [5, 5.41) is 12.5. The average molecular weight is 532 g/mol. The van der Waals surface area contributed by atoms with Crippen LogP contribution in [0.3, 0.4) is 0 Å². The highest BCUT2D eigenvalue weighted by atomic mass is 79.9. The van der Waals surface area contributed by atoms with Crippen molar-refractivity contribution in [1.29, 1.82) is 0 Å². The molecule has 0 radical (unpaired) electrons. The lowest BCUT2D eigenvalue weighted by molar-refractivity contribution is -0.113. The molecule has 6 nitrogen and oxygen atoms in total. The highest BCUT2D eigenvalue weighted by Crippen LogP contribution is 2.29. The molecule has 1 aliphatic rings. The van der Waals surface area contributed by atoms with Crippen molar-refractivity contribution in [3.8, 4) is 5.69 Å². The van der Waals surface area contributed by atoms with Crippen LogP contribution in [-0.2, 0) is 4.79 Å². The van der Waals surface area contributed by atoms with E-state index in [0.717, 1.165) is 40.3 Å². The zero-order valence-corrected chi connectivity index (χ0v) is 21.1. The number of likely N-dealkylation sites (tertiary alicyclic amines) is 1. The number of aryl methyl sites for hydroxylation is 1. The van der Waals surface area contributed by atoms with Gasteiger partial charge in [0.05, 0.1) is 11.8 Å². The SMILES string of the molecule is Cc1cc(Br)ccc1NC(=O)CSc1nnc(C(C)N2CCCCC2)n1-c1ccc(F)cc1. The van der Waals surface area contributed by atoms with Gasteiger partial charge in [0.1, 0.15) is 5.82 Å². The zero-order chi connectivity index (χ0) is 23.4. The van der Waals surface area contributed by atoms with Crippen molar-refractivity contribution in [2.75, 3.05) is 24.2 Å². The number of piperidine rings is 1. The molecule has 4 rings (SSSR count). The van der Waals surface area contributed by atoms with E-state index >= 15 is 0 Å². The fraction of sp³-hybridized carbons (Fsp3) is 0.375. The number of nitrogens with zero attached hydrogens (tertiary/aromatic N) is 4. The summed E-state index contributed by atoms with van der Waals surface area (Å²) in [4.78, 5) is 15.1. The lowest BCUT2D eigenvalue weighted by Crippen LogP contribution is -2.33. The molecule has 0 aliphatic carbocycles. The lowest BCUT2D eigenvalue weighted by atomic mass is 10.1. The molecule has 0 spiro atoms. The molecule has 174 valence electrons. The third kappa shape index (κ3) is 5.83. The molecular formula is C24H27BrFN5OS. The molecule has 3 aromatic rings. The van der Waals surface area contributed by atoms with Crippen LogP contribution < -0.4 is 5.32 Å².